The second-order valence-corrected chi connectivity index (χ2v) is 2.54. The van der Waals surface area contributed by atoms with Crippen molar-refractivity contribution in [2.75, 3.05) is 0 Å². The number of rotatable bonds is 2. The molecule has 0 radical (unpaired) electrons. The maximum atomic E-state index is 12.1. The SMILES string of the molecule is C#CC(O)c1ccc(C(F)F)cc1. The van der Waals surface area contributed by atoms with Crippen LogP contribution in [0.1, 0.15) is 23.7 Å². The van der Waals surface area contributed by atoms with E-state index >= 15 is 0 Å². The van der Waals surface area contributed by atoms with Crippen molar-refractivity contribution in [1.82, 2.24) is 0 Å². The highest BCUT2D eigenvalue weighted by molar-refractivity contribution is 5.28. The minimum Gasteiger partial charge on any atom is -0.376 e. The average molecular weight is 182 g/mol. The molecule has 1 N–H and O–H groups in total. The molecule has 0 aliphatic heterocycles. The van der Waals surface area contributed by atoms with E-state index in [2.05, 4.69) is 5.92 Å². The number of aliphatic hydroxyl groups is 1. The third kappa shape index (κ3) is 2.27. The first-order valence-corrected chi connectivity index (χ1v) is 3.67. The molecule has 1 nitrogen and oxygen atoms in total. The zero-order valence-corrected chi connectivity index (χ0v) is 6.74. The lowest BCUT2D eigenvalue weighted by Gasteiger charge is -2.04. The van der Waals surface area contributed by atoms with Crippen LogP contribution in [0, 0.1) is 12.3 Å². The molecule has 0 saturated carbocycles. The Balaban J connectivity index is 2.89. The number of hydrogen-bond acceptors (Lipinski definition) is 1. The summed E-state index contributed by atoms with van der Waals surface area (Å²) in [5, 5.41) is 9.14. The molecular weight excluding hydrogens is 174 g/mol. The predicted molar refractivity (Wildman–Crippen MR) is 45.2 cm³/mol. The van der Waals surface area contributed by atoms with Crippen molar-refractivity contribution in [3.63, 3.8) is 0 Å². The van der Waals surface area contributed by atoms with E-state index in [9.17, 15) is 8.78 Å². The van der Waals surface area contributed by atoms with Gasteiger partial charge in [-0.05, 0) is 5.56 Å². The van der Waals surface area contributed by atoms with Crippen molar-refractivity contribution in [1.29, 1.82) is 0 Å². The molecule has 1 rings (SSSR count). The van der Waals surface area contributed by atoms with E-state index in [1.165, 1.54) is 24.3 Å². The second-order valence-electron chi connectivity index (χ2n) is 2.54. The van der Waals surface area contributed by atoms with Crippen molar-refractivity contribution >= 4 is 0 Å². The van der Waals surface area contributed by atoms with Gasteiger partial charge >= 0.3 is 0 Å². The van der Waals surface area contributed by atoms with Gasteiger partial charge in [0, 0.05) is 5.56 Å². The molecule has 0 aliphatic carbocycles. The van der Waals surface area contributed by atoms with Gasteiger partial charge in [0.1, 0.15) is 6.10 Å². The van der Waals surface area contributed by atoms with Crippen LogP contribution in [0.15, 0.2) is 24.3 Å². The molecule has 1 atom stereocenters. The van der Waals surface area contributed by atoms with Crippen molar-refractivity contribution < 1.29 is 13.9 Å². The molecule has 3 heteroatoms. The molecule has 0 spiro atoms. The molecule has 1 aromatic rings. The number of aliphatic hydroxyl groups excluding tert-OH is 1. The van der Waals surface area contributed by atoms with Crippen LogP contribution in [0.2, 0.25) is 0 Å². The Bertz CT molecular complexity index is 311. The number of terminal acetylenes is 1. The summed E-state index contributed by atoms with van der Waals surface area (Å²) in [6.07, 6.45) is 1.44. The lowest BCUT2D eigenvalue weighted by Crippen LogP contribution is -1.93. The summed E-state index contributed by atoms with van der Waals surface area (Å²) < 4.78 is 24.2. The normalized spacial score (nSPS) is 12.5. The molecule has 0 amide bonds. The lowest BCUT2D eigenvalue weighted by atomic mass is 10.1. The maximum Gasteiger partial charge on any atom is 0.263 e. The molecule has 0 aromatic heterocycles. The summed E-state index contributed by atoms with van der Waals surface area (Å²) in [6.45, 7) is 0. The van der Waals surface area contributed by atoms with Crippen LogP contribution in [0.4, 0.5) is 8.78 Å². The van der Waals surface area contributed by atoms with Gasteiger partial charge in [0.15, 0.2) is 0 Å². The smallest absolute Gasteiger partial charge is 0.263 e. The van der Waals surface area contributed by atoms with Gasteiger partial charge in [-0.3, -0.25) is 0 Å². The maximum absolute atomic E-state index is 12.1. The summed E-state index contributed by atoms with van der Waals surface area (Å²) in [5.74, 6) is 2.10. The molecule has 1 aromatic carbocycles. The fourth-order valence-corrected chi connectivity index (χ4v) is 0.920. The molecule has 0 bridgehead atoms. The van der Waals surface area contributed by atoms with E-state index in [-0.39, 0.29) is 5.56 Å². The quantitative estimate of drug-likeness (QED) is 0.696. The minimum absolute atomic E-state index is 0.0760. The molecule has 68 valence electrons. The van der Waals surface area contributed by atoms with Crippen LogP contribution in [0.25, 0.3) is 0 Å². The molecule has 13 heavy (non-hydrogen) atoms. The highest BCUT2D eigenvalue weighted by atomic mass is 19.3. The van der Waals surface area contributed by atoms with Gasteiger partial charge in [0.2, 0.25) is 0 Å². The van der Waals surface area contributed by atoms with Crippen LogP contribution in [0.3, 0.4) is 0 Å². The second kappa shape index (κ2) is 4.01. The van der Waals surface area contributed by atoms with Gasteiger partial charge in [-0.15, -0.1) is 6.42 Å². The van der Waals surface area contributed by atoms with Gasteiger partial charge in [0.25, 0.3) is 6.43 Å². The van der Waals surface area contributed by atoms with Crippen molar-refractivity contribution in [3.8, 4) is 12.3 Å². The number of halogens is 2. The van der Waals surface area contributed by atoms with Crippen molar-refractivity contribution in [2.45, 2.75) is 12.5 Å². The van der Waals surface area contributed by atoms with Gasteiger partial charge < -0.3 is 5.11 Å². The molecule has 0 heterocycles. The van der Waals surface area contributed by atoms with E-state index in [0.717, 1.165) is 0 Å². The van der Waals surface area contributed by atoms with Crippen molar-refractivity contribution in [2.24, 2.45) is 0 Å². The van der Waals surface area contributed by atoms with E-state index in [0.29, 0.717) is 5.56 Å². The van der Waals surface area contributed by atoms with Crippen molar-refractivity contribution in [3.05, 3.63) is 35.4 Å². The van der Waals surface area contributed by atoms with Crippen LogP contribution < -0.4 is 0 Å². The first kappa shape index (κ1) is 9.69. The highest BCUT2D eigenvalue weighted by Gasteiger charge is 2.08. The van der Waals surface area contributed by atoms with Crippen LogP contribution in [-0.2, 0) is 0 Å². The van der Waals surface area contributed by atoms with Gasteiger partial charge in [-0.1, -0.05) is 30.2 Å². The zero-order valence-electron chi connectivity index (χ0n) is 6.74. The van der Waals surface area contributed by atoms with Crippen LogP contribution >= 0.6 is 0 Å². The van der Waals surface area contributed by atoms with Crippen LogP contribution in [-0.4, -0.2) is 5.11 Å². The minimum atomic E-state index is -2.49. The topological polar surface area (TPSA) is 20.2 Å². The monoisotopic (exact) mass is 182 g/mol. The zero-order chi connectivity index (χ0) is 9.84. The Morgan fingerprint density at radius 1 is 1.15 bits per heavy atom. The van der Waals surface area contributed by atoms with Crippen LogP contribution in [0.5, 0.6) is 0 Å². The highest BCUT2D eigenvalue weighted by Crippen LogP contribution is 2.20. The van der Waals surface area contributed by atoms with E-state index in [1.54, 1.807) is 0 Å². The van der Waals surface area contributed by atoms with E-state index < -0.39 is 12.5 Å². The molecule has 1 unspecified atom stereocenters. The fourth-order valence-electron chi connectivity index (χ4n) is 0.920. The van der Waals surface area contributed by atoms with Gasteiger partial charge in [0.05, 0.1) is 0 Å². The Morgan fingerprint density at radius 2 is 1.62 bits per heavy atom. The van der Waals surface area contributed by atoms with Gasteiger partial charge in [-0.25, -0.2) is 8.78 Å². The van der Waals surface area contributed by atoms with E-state index in [1.807, 2.05) is 0 Å². The first-order chi connectivity index (χ1) is 6.15. The number of benzene rings is 1. The summed E-state index contributed by atoms with van der Waals surface area (Å²) in [4.78, 5) is 0. The standard InChI is InChI=1S/C10H8F2O/c1-2-9(13)7-3-5-8(6-4-7)10(11)12/h1,3-6,9-10,13H. The fraction of sp³-hybridized carbons (Fsp3) is 0.200. The average Bonchev–Trinajstić information content (AvgIpc) is 2.17. The number of hydrogen-bond donors (Lipinski definition) is 1. The number of alkyl halides is 2. The predicted octanol–water partition coefficient (Wildman–Crippen LogP) is 2.29. The Hall–Kier alpha value is -1.40. The van der Waals surface area contributed by atoms with E-state index in [4.69, 9.17) is 11.5 Å². The molecule has 0 saturated heterocycles. The Labute approximate surface area is 75.0 Å². The molecular formula is C10H8F2O. The molecule has 0 aliphatic rings. The largest absolute Gasteiger partial charge is 0.376 e. The summed E-state index contributed by atoms with van der Waals surface area (Å²) in [5.41, 5.74) is 0.375. The first-order valence-electron chi connectivity index (χ1n) is 3.67. The third-order valence-electron chi connectivity index (χ3n) is 1.66. The Kier molecular flexibility index (Phi) is 2.99. The molecule has 0 fully saturated rings. The third-order valence-corrected chi connectivity index (χ3v) is 1.66. The van der Waals surface area contributed by atoms with Gasteiger partial charge in [-0.2, -0.15) is 0 Å². The summed E-state index contributed by atoms with van der Waals surface area (Å²) in [6, 6.07) is 5.29. The Morgan fingerprint density at radius 3 is 2.00 bits per heavy atom. The summed E-state index contributed by atoms with van der Waals surface area (Å²) >= 11 is 0. The lowest BCUT2D eigenvalue weighted by molar-refractivity contribution is 0.151. The summed E-state index contributed by atoms with van der Waals surface area (Å²) in [7, 11) is 0.